The first-order valence-corrected chi connectivity index (χ1v) is 9.06. The van der Waals surface area contributed by atoms with Gasteiger partial charge in [-0.05, 0) is 44.4 Å². The molecule has 1 aromatic carbocycles. The zero-order valence-corrected chi connectivity index (χ0v) is 15.4. The van der Waals surface area contributed by atoms with Crippen LogP contribution in [-0.4, -0.2) is 35.7 Å². The Morgan fingerprint density at radius 2 is 2.20 bits per heavy atom. The molecule has 1 aliphatic carbocycles. The number of aryl methyl sites for hydroxylation is 1. The summed E-state index contributed by atoms with van der Waals surface area (Å²) < 4.78 is 5.13. The van der Waals surface area contributed by atoms with Crippen LogP contribution in [0.2, 0.25) is 5.02 Å². The van der Waals surface area contributed by atoms with Crippen molar-refractivity contribution < 1.29 is 4.52 Å². The Morgan fingerprint density at radius 3 is 2.84 bits per heavy atom. The van der Waals surface area contributed by atoms with Gasteiger partial charge in [-0.3, -0.25) is 4.99 Å². The van der Waals surface area contributed by atoms with Gasteiger partial charge in [0.2, 0.25) is 5.89 Å². The van der Waals surface area contributed by atoms with Crippen LogP contribution in [0, 0.1) is 6.92 Å². The molecule has 1 aromatic heterocycles. The minimum Gasteiger partial charge on any atom is -0.357 e. The van der Waals surface area contributed by atoms with Crippen LogP contribution >= 0.6 is 11.6 Å². The summed E-state index contributed by atoms with van der Waals surface area (Å²) in [6, 6.07) is 8.13. The Kier molecular flexibility index (Phi) is 5.58. The Hall–Kier alpha value is -2.08. The predicted octanol–water partition coefficient (Wildman–Crippen LogP) is 2.86. The highest BCUT2D eigenvalue weighted by atomic mass is 35.5. The summed E-state index contributed by atoms with van der Waals surface area (Å²) in [6.07, 6.45) is 2.97. The van der Waals surface area contributed by atoms with Crippen molar-refractivity contribution in [3.8, 4) is 0 Å². The normalized spacial score (nSPS) is 15.9. The minimum absolute atomic E-state index is 0.136. The average molecular weight is 362 g/mol. The third kappa shape index (κ3) is 4.72. The predicted molar refractivity (Wildman–Crippen MR) is 99.1 cm³/mol. The summed E-state index contributed by atoms with van der Waals surface area (Å²) in [5, 5.41) is 11.2. The van der Waals surface area contributed by atoms with Crippen LogP contribution in [0.1, 0.15) is 37.0 Å². The lowest BCUT2D eigenvalue weighted by Gasteiger charge is -2.16. The Labute approximate surface area is 153 Å². The molecule has 0 unspecified atom stereocenters. The van der Waals surface area contributed by atoms with E-state index in [2.05, 4.69) is 39.8 Å². The largest absolute Gasteiger partial charge is 0.357 e. The lowest BCUT2D eigenvalue weighted by molar-refractivity contribution is 0.374. The standard InChI is InChI=1S/C18H24ClN5O/c1-3-20-17(21-10-7-16-23-13(2)24-25-16)22-12-18(8-9-18)14-5-4-6-15(19)11-14/h4-6,11H,3,7-10,12H2,1-2H3,(H2,20,21,22). The Morgan fingerprint density at radius 1 is 1.36 bits per heavy atom. The van der Waals surface area contributed by atoms with E-state index in [4.69, 9.17) is 21.1 Å². The van der Waals surface area contributed by atoms with Crippen LogP contribution in [0.5, 0.6) is 0 Å². The molecular weight excluding hydrogens is 338 g/mol. The molecule has 1 heterocycles. The molecule has 0 radical (unpaired) electrons. The van der Waals surface area contributed by atoms with Crippen molar-refractivity contribution in [2.24, 2.45) is 4.99 Å². The Balaban J connectivity index is 1.58. The number of rotatable bonds is 7. The van der Waals surface area contributed by atoms with Gasteiger partial charge >= 0.3 is 0 Å². The van der Waals surface area contributed by atoms with Gasteiger partial charge in [0.15, 0.2) is 11.8 Å². The van der Waals surface area contributed by atoms with Crippen LogP contribution in [0.15, 0.2) is 33.8 Å². The van der Waals surface area contributed by atoms with Crippen molar-refractivity contribution in [3.05, 3.63) is 46.6 Å². The van der Waals surface area contributed by atoms with Gasteiger partial charge in [-0.25, -0.2) is 0 Å². The fraction of sp³-hybridized carbons (Fsp3) is 0.500. The molecule has 3 rings (SSSR count). The second kappa shape index (κ2) is 7.87. The number of guanidine groups is 1. The summed E-state index contributed by atoms with van der Waals surface area (Å²) in [5.74, 6) is 2.11. The smallest absolute Gasteiger partial charge is 0.228 e. The third-order valence-electron chi connectivity index (χ3n) is 4.38. The van der Waals surface area contributed by atoms with Gasteiger partial charge in [0.05, 0.1) is 6.54 Å². The molecule has 6 nitrogen and oxygen atoms in total. The quantitative estimate of drug-likeness (QED) is 0.586. The summed E-state index contributed by atoms with van der Waals surface area (Å²) in [6.45, 7) is 6.13. The van der Waals surface area contributed by atoms with Crippen molar-refractivity contribution in [2.45, 2.75) is 38.5 Å². The van der Waals surface area contributed by atoms with Crippen LogP contribution < -0.4 is 10.6 Å². The van der Waals surface area contributed by atoms with Gasteiger partial charge in [0.25, 0.3) is 0 Å². The molecule has 1 aliphatic rings. The van der Waals surface area contributed by atoms with Crippen LogP contribution in [0.3, 0.4) is 0 Å². The molecule has 0 atom stereocenters. The number of nitrogens with zero attached hydrogens (tertiary/aromatic N) is 3. The van der Waals surface area contributed by atoms with E-state index in [1.807, 2.05) is 19.1 Å². The Bertz CT molecular complexity index is 739. The fourth-order valence-corrected chi connectivity index (χ4v) is 3.00. The molecule has 1 fully saturated rings. The molecule has 134 valence electrons. The van der Waals surface area contributed by atoms with E-state index in [0.717, 1.165) is 36.9 Å². The molecule has 0 saturated heterocycles. The second-order valence-electron chi connectivity index (χ2n) is 6.40. The van der Waals surface area contributed by atoms with Crippen LogP contribution in [-0.2, 0) is 11.8 Å². The topological polar surface area (TPSA) is 75.3 Å². The number of benzene rings is 1. The summed E-state index contributed by atoms with van der Waals surface area (Å²) in [7, 11) is 0. The minimum atomic E-state index is 0.136. The summed E-state index contributed by atoms with van der Waals surface area (Å²) in [5.41, 5.74) is 1.41. The lowest BCUT2D eigenvalue weighted by Crippen LogP contribution is -2.39. The maximum absolute atomic E-state index is 6.14. The van der Waals surface area contributed by atoms with E-state index >= 15 is 0 Å². The van der Waals surface area contributed by atoms with E-state index in [9.17, 15) is 0 Å². The fourth-order valence-electron chi connectivity index (χ4n) is 2.81. The van der Waals surface area contributed by atoms with Gasteiger partial charge < -0.3 is 15.2 Å². The van der Waals surface area contributed by atoms with E-state index in [1.54, 1.807) is 0 Å². The van der Waals surface area contributed by atoms with Gasteiger partial charge in [0.1, 0.15) is 0 Å². The second-order valence-corrected chi connectivity index (χ2v) is 6.83. The molecule has 1 saturated carbocycles. The molecule has 0 aliphatic heterocycles. The van der Waals surface area contributed by atoms with Gasteiger partial charge in [0, 0.05) is 29.9 Å². The molecule has 2 aromatic rings. The van der Waals surface area contributed by atoms with Crippen LogP contribution in [0.4, 0.5) is 0 Å². The lowest BCUT2D eigenvalue weighted by atomic mass is 9.96. The van der Waals surface area contributed by atoms with E-state index < -0.39 is 0 Å². The maximum atomic E-state index is 6.14. The molecule has 25 heavy (non-hydrogen) atoms. The highest BCUT2D eigenvalue weighted by Crippen LogP contribution is 2.48. The number of aromatic nitrogens is 2. The molecule has 0 amide bonds. The van der Waals surface area contributed by atoms with Crippen molar-refractivity contribution in [2.75, 3.05) is 19.6 Å². The summed E-state index contributed by atoms with van der Waals surface area (Å²) in [4.78, 5) is 8.98. The highest BCUT2D eigenvalue weighted by Gasteiger charge is 2.44. The number of halogens is 1. The van der Waals surface area contributed by atoms with Crippen molar-refractivity contribution in [3.63, 3.8) is 0 Å². The number of hydrogen-bond donors (Lipinski definition) is 2. The number of aliphatic imine (C=N–C) groups is 1. The average Bonchev–Trinajstić information content (AvgIpc) is 3.28. The van der Waals surface area contributed by atoms with E-state index in [-0.39, 0.29) is 5.41 Å². The molecule has 0 spiro atoms. The van der Waals surface area contributed by atoms with Crippen LogP contribution in [0.25, 0.3) is 0 Å². The molecule has 0 bridgehead atoms. The third-order valence-corrected chi connectivity index (χ3v) is 4.61. The monoisotopic (exact) mass is 361 g/mol. The van der Waals surface area contributed by atoms with E-state index in [1.165, 1.54) is 5.56 Å². The van der Waals surface area contributed by atoms with E-state index in [0.29, 0.717) is 24.7 Å². The molecule has 7 heteroatoms. The van der Waals surface area contributed by atoms with Gasteiger partial charge in [-0.2, -0.15) is 4.98 Å². The summed E-state index contributed by atoms with van der Waals surface area (Å²) >= 11 is 6.14. The zero-order valence-electron chi connectivity index (χ0n) is 14.7. The molecule has 2 N–H and O–H groups in total. The first-order chi connectivity index (χ1) is 12.1. The van der Waals surface area contributed by atoms with Gasteiger partial charge in [-0.1, -0.05) is 28.9 Å². The number of hydrogen-bond acceptors (Lipinski definition) is 4. The van der Waals surface area contributed by atoms with Crippen molar-refractivity contribution in [1.82, 2.24) is 20.8 Å². The van der Waals surface area contributed by atoms with Crippen molar-refractivity contribution >= 4 is 17.6 Å². The zero-order chi connectivity index (χ0) is 17.7. The number of nitrogens with one attached hydrogen (secondary N) is 2. The maximum Gasteiger partial charge on any atom is 0.228 e. The van der Waals surface area contributed by atoms with Crippen molar-refractivity contribution in [1.29, 1.82) is 0 Å². The first kappa shape index (κ1) is 17.7. The first-order valence-electron chi connectivity index (χ1n) is 8.69. The van der Waals surface area contributed by atoms with Gasteiger partial charge in [-0.15, -0.1) is 0 Å². The highest BCUT2D eigenvalue weighted by molar-refractivity contribution is 6.30. The SMILES string of the molecule is CCNC(=NCC1(c2cccc(Cl)c2)CC1)NCCc1nc(C)no1. The molecular formula is C18H24ClN5O.